The number of hydrogen-bond acceptors (Lipinski definition) is 7. The highest BCUT2D eigenvalue weighted by molar-refractivity contribution is 7.92. The number of anilines is 2. The molecule has 5 N–H and O–H groups in total. The van der Waals surface area contributed by atoms with Crippen LogP contribution in [0, 0.1) is 5.82 Å². The largest absolute Gasteiger partial charge is 0.465 e. The van der Waals surface area contributed by atoms with Crippen LogP contribution < -0.4 is 15.4 Å². The Morgan fingerprint density at radius 2 is 2.05 bits per heavy atom. The molecule has 4 rings (SSSR count). The first-order valence-corrected chi connectivity index (χ1v) is 13.8. The van der Waals surface area contributed by atoms with Crippen molar-refractivity contribution in [3.8, 4) is 22.6 Å². The number of benzene rings is 1. The Balaban J connectivity index is 1.73. The summed E-state index contributed by atoms with van der Waals surface area (Å²) in [6.45, 7) is 3.66. The lowest BCUT2D eigenvalue weighted by molar-refractivity contribution is 0.191. The van der Waals surface area contributed by atoms with Gasteiger partial charge in [0.15, 0.2) is 0 Å². The van der Waals surface area contributed by atoms with Gasteiger partial charge < -0.3 is 20.7 Å². The van der Waals surface area contributed by atoms with Crippen LogP contribution in [0.2, 0.25) is 5.02 Å². The van der Waals surface area contributed by atoms with Gasteiger partial charge >= 0.3 is 6.09 Å². The maximum absolute atomic E-state index is 15.2. The predicted octanol–water partition coefficient (Wildman–Crippen LogP) is 4.42. The average molecular weight is 552 g/mol. The third-order valence-electron chi connectivity index (χ3n) is 5.60. The summed E-state index contributed by atoms with van der Waals surface area (Å²) in [5.41, 5.74) is 1.01. The first kappa shape index (κ1) is 26.6. The molecule has 37 heavy (non-hydrogen) atoms. The van der Waals surface area contributed by atoms with Crippen molar-refractivity contribution in [2.24, 2.45) is 0 Å². The number of carbonyl (C=O) groups is 1. The lowest BCUT2D eigenvalue weighted by Gasteiger charge is -2.14. The van der Waals surface area contributed by atoms with Gasteiger partial charge in [-0.15, -0.1) is 0 Å². The number of H-pyrrole nitrogens is 1. The van der Waals surface area contributed by atoms with Crippen LogP contribution in [0.5, 0.6) is 0 Å². The number of nitrogens with zero attached hydrogens (tertiary/aromatic N) is 3. The van der Waals surface area contributed by atoms with E-state index in [-0.39, 0.29) is 46.1 Å². The minimum absolute atomic E-state index is 0.0519. The SMILES string of the molecule is CCCS(=O)(=O)Nc1ccc(F)c(-c2nc(C3CC3)[nH]c2-c2ccnc(NC[C@H](C)NC(=O)O)n2)c1Cl. The number of nitrogens with one attached hydrogen (secondary N) is 4. The Kier molecular flexibility index (Phi) is 7.83. The average Bonchev–Trinajstić information content (AvgIpc) is 3.59. The summed E-state index contributed by atoms with van der Waals surface area (Å²) in [6, 6.07) is 3.64. The van der Waals surface area contributed by atoms with E-state index in [2.05, 4.69) is 35.3 Å². The molecule has 1 amide bonds. The molecular formula is C23H27ClFN7O4S. The van der Waals surface area contributed by atoms with Crippen molar-refractivity contribution >= 4 is 39.4 Å². The van der Waals surface area contributed by atoms with Crippen LogP contribution in [0.25, 0.3) is 22.6 Å². The van der Waals surface area contributed by atoms with E-state index in [1.807, 2.05) is 0 Å². The van der Waals surface area contributed by atoms with Gasteiger partial charge in [-0.05, 0) is 44.4 Å². The van der Waals surface area contributed by atoms with Gasteiger partial charge in [-0.2, -0.15) is 0 Å². The molecule has 1 aliphatic carbocycles. The topological polar surface area (TPSA) is 162 Å². The maximum atomic E-state index is 15.2. The fourth-order valence-corrected chi connectivity index (χ4v) is 5.22. The normalized spacial score (nSPS) is 14.3. The number of imidazole rings is 1. The minimum Gasteiger partial charge on any atom is -0.465 e. The number of aromatic nitrogens is 4. The number of rotatable bonds is 11. The Morgan fingerprint density at radius 1 is 1.30 bits per heavy atom. The van der Waals surface area contributed by atoms with Crippen molar-refractivity contribution in [3.63, 3.8) is 0 Å². The zero-order valence-corrected chi connectivity index (χ0v) is 21.7. The van der Waals surface area contributed by atoms with Gasteiger partial charge in [-0.3, -0.25) is 4.72 Å². The number of sulfonamides is 1. The molecule has 11 nitrogen and oxygen atoms in total. The van der Waals surface area contributed by atoms with Crippen molar-refractivity contribution < 1.29 is 22.7 Å². The molecule has 3 aromatic rings. The van der Waals surface area contributed by atoms with Crippen LogP contribution in [-0.2, 0) is 10.0 Å². The molecule has 198 valence electrons. The predicted molar refractivity (Wildman–Crippen MR) is 139 cm³/mol. The van der Waals surface area contributed by atoms with Crippen molar-refractivity contribution in [2.75, 3.05) is 22.3 Å². The Hall–Kier alpha value is -3.45. The summed E-state index contributed by atoms with van der Waals surface area (Å²) < 4.78 is 42.3. The molecule has 0 saturated heterocycles. The van der Waals surface area contributed by atoms with Crippen molar-refractivity contribution in [2.45, 2.75) is 45.1 Å². The number of amides is 1. The van der Waals surface area contributed by atoms with Crippen molar-refractivity contribution in [1.29, 1.82) is 0 Å². The van der Waals surface area contributed by atoms with Crippen molar-refractivity contribution in [3.05, 3.63) is 41.1 Å². The van der Waals surface area contributed by atoms with Gasteiger partial charge in [0.2, 0.25) is 16.0 Å². The lowest BCUT2D eigenvalue weighted by atomic mass is 10.1. The molecule has 1 fully saturated rings. The lowest BCUT2D eigenvalue weighted by Crippen LogP contribution is -2.36. The van der Waals surface area contributed by atoms with Gasteiger partial charge in [0.05, 0.1) is 33.4 Å². The van der Waals surface area contributed by atoms with E-state index in [1.54, 1.807) is 19.9 Å². The van der Waals surface area contributed by atoms with E-state index < -0.39 is 28.0 Å². The van der Waals surface area contributed by atoms with E-state index in [1.165, 1.54) is 12.3 Å². The quantitative estimate of drug-likeness (QED) is 0.234. The standard InChI is InChI=1S/C23H27ClFN7O4S/c1-3-10-37(35,36)32-15-7-6-14(25)17(18(15)24)20-19(30-21(31-20)13-4-5-13)16-8-9-26-22(29-16)27-11-12(2)28-23(33)34/h6-9,12-13,28,32H,3-5,10-11H2,1-2H3,(H,30,31)(H,33,34)(H,26,27,29)/t12-/m0/s1. The molecular weight excluding hydrogens is 525 g/mol. The fourth-order valence-electron chi connectivity index (χ4n) is 3.73. The molecule has 0 radical (unpaired) electrons. The smallest absolute Gasteiger partial charge is 0.404 e. The first-order valence-electron chi connectivity index (χ1n) is 11.7. The van der Waals surface area contributed by atoms with E-state index >= 15 is 4.39 Å². The molecule has 0 aliphatic heterocycles. The first-order chi connectivity index (χ1) is 17.6. The van der Waals surface area contributed by atoms with Crippen molar-refractivity contribution in [1.82, 2.24) is 25.3 Å². The Labute approximate surface area is 218 Å². The molecule has 1 aromatic carbocycles. The van der Waals surface area contributed by atoms with Crippen LogP contribution in [0.3, 0.4) is 0 Å². The molecule has 1 aliphatic rings. The number of carboxylic acid groups (broad SMARTS) is 1. The van der Waals surface area contributed by atoms with Gasteiger partial charge in [-0.1, -0.05) is 18.5 Å². The minimum atomic E-state index is -3.66. The molecule has 1 atom stereocenters. The third kappa shape index (κ3) is 6.46. The second-order valence-electron chi connectivity index (χ2n) is 8.82. The highest BCUT2D eigenvalue weighted by Crippen LogP contribution is 2.44. The molecule has 2 aromatic heterocycles. The van der Waals surface area contributed by atoms with Crippen LogP contribution >= 0.6 is 11.6 Å². The molecule has 1 saturated carbocycles. The number of hydrogen-bond donors (Lipinski definition) is 5. The zero-order valence-electron chi connectivity index (χ0n) is 20.2. The van der Waals surface area contributed by atoms with Crippen LogP contribution in [-0.4, -0.2) is 57.9 Å². The maximum Gasteiger partial charge on any atom is 0.404 e. The highest BCUT2D eigenvalue weighted by atomic mass is 35.5. The molecule has 0 bridgehead atoms. The third-order valence-corrected chi connectivity index (χ3v) is 7.47. The van der Waals surface area contributed by atoms with Crippen LogP contribution in [0.1, 0.15) is 44.9 Å². The van der Waals surface area contributed by atoms with E-state index in [4.69, 9.17) is 16.7 Å². The van der Waals surface area contributed by atoms with E-state index in [0.717, 1.165) is 18.9 Å². The zero-order chi connectivity index (χ0) is 26.7. The van der Waals surface area contributed by atoms with Gasteiger partial charge in [0, 0.05) is 24.7 Å². The Morgan fingerprint density at radius 3 is 2.73 bits per heavy atom. The molecule has 14 heteroatoms. The second-order valence-corrected chi connectivity index (χ2v) is 11.0. The van der Waals surface area contributed by atoms with Gasteiger partial charge in [-0.25, -0.2) is 32.6 Å². The Bertz CT molecular complexity index is 1410. The summed E-state index contributed by atoms with van der Waals surface area (Å²) in [4.78, 5) is 27.4. The number of halogens is 2. The van der Waals surface area contributed by atoms with E-state index in [9.17, 15) is 13.2 Å². The number of aromatic amines is 1. The van der Waals surface area contributed by atoms with Gasteiger partial charge in [0.1, 0.15) is 17.3 Å². The monoisotopic (exact) mass is 551 g/mol. The molecule has 0 unspecified atom stereocenters. The fraction of sp³-hybridized carbons (Fsp3) is 0.391. The second kappa shape index (κ2) is 10.9. The summed E-state index contributed by atoms with van der Waals surface area (Å²) in [6.07, 6.45) is 2.64. The molecule has 0 spiro atoms. The summed E-state index contributed by atoms with van der Waals surface area (Å²) in [5, 5.41) is 14.0. The highest BCUT2D eigenvalue weighted by Gasteiger charge is 2.31. The summed E-state index contributed by atoms with van der Waals surface area (Å²) in [5.74, 6) is 0.317. The summed E-state index contributed by atoms with van der Waals surface area (Å²) >= 11 is 6.56. The summed E-state index contributed by atoms with van der Waals surface area (Å²) in [7, 11) is -3.66. The van der Waals surface area contributed by atoms with E-state index in [0.29, 0.717) is 23.6 Å². The molecule has 2 heterocycles. The van der Waals surface area contributed by atoms with Crippen LogP contribution in [0.4, 0.5) is 20.8 Å². The van der Waals surface area contributed by atoms with Gasteiger partial charge in [0.25, 0.3) is 0 Å². The van der Waals surface area contributed by atoms with Crippen LogP contribution in [0.15, 0.2) is 24.4 Å².